The molecule has 0 unspecified atom stereocenters. The summed E-state index contributed by atoms with van der Waals surface area (Å²) in [7, 11) is 1.59. The van der Waals surface area contributed by atoms with Crippen LogP contribution in [-0.2, 0) is 11.4 Å². The van der Waals surface area contributed by atoms with E-state index in [-0.39, 0.29) is 5.91 Å². The Bertz CT molecular complexity index is 1200. The van der Waals surface area contributed by atoms with Gasteiger partial charge in [0.25, 0.3) is 5.91 Å². The number of benzene rings is 3. The summed E-state index contributed by atoms with van der Waals surface area (Å²) in [6.07, 6.45) is 1.80. The summed E-state index contributed by atoms with van der Waals surface area (Å²) in [4.78, 5) is 17.4. The lowest BCUT2D eigenvalue weighted by molar-refractivity contribution is -0.115. The zero-order valence-electron chi connectivity index (χ0n) is 17.0. The molecule has 1 fully saturated rings. The quantitative estimate of drug-likeness (QED) is 0.334. The lowest BCUT2D eigenvalue weighted by Gasteiger charge is -2.14. The van der Waals surface area contributed by atoms with Crippen LogP contribution in [0, 0.1) is 0 Å². The zero-order valence-corrected chi connectivity index (χ0v) is 21.0. The Balaban J connectivity index is 1.53. The Morgan fingerprint density at radius 3 is 2.53 bits per heavy atom. The molecule has 1 aliphatic heterocycles. The highest BCUT2D eigenvalue weighted by atomic mass is 79.9. The minimum absolute atomic E-state index is 0.185. The average Bonchev–Trinajstić information content (AvgIpc) is 3.12. The number of hydrogen-bond donors (Lipinski definition) is 1. The van der Waals surface area contributed by atoms with Gasteiger partial charge in [0.2, 0.25) is 0 Å². The van der Waals surface area contributed by atoms with Crippen LogP contribution in [0.4, 0.5) is 5.69 Å². The topological polar surface area (TPSA) is 59.9 Å². The molecule has 0 aromatic heterocycles. The molecule has 1 N–H and O–H groups in total. The predicted octanol–water partition coefficient (Wildman–Crippen LogP) is 6.69. The van der Waals surface area contributed by atoms with E-state index in [0.717, 1.165) is 25.8 Å². The number of rotatable bonds is 6. The van der Waals surface area contributed by atoms with Gasteiger partial charge in [-0.2, -0.15) is 0 Å². The second-order valence-corrected chi connectivity index (χ2v) is 9.57. The van der Waals surface area contributed by atoms with Crippen molar-refractivity contribution in [1.82, 2.24) is 5.32 Å². The van der Waals surface area contributed by atoms with E-state index in [1.54, 1.807) is 13.2 Å². The van der Waals surface area contributed by atoms with Crippen LogP contribution in [0.25, 0.3) is 6.08 Å². The molecule has 0 radical (unpaired) electrons. The van der Waals surface area contributed by atoms with Crippen LogP contribution in [0.2, 0.25) is 0 Å². The Morgan fingerprint density at radius 2 is 1.81 bits per heavy atom. The van der Waals surface area contributed by atoms with Crippen LogP contribution in [0.15, 0.2) is 85.6 Å². The van der Waals surface area contributed by atoms with Crippen molar-refractivity contribution in [1.29, 1.82) is 0 Å². The molecule has 1 aliphatic rings. The highest BCUT2D eigenvalue weighted by molar-refractivity contribution is 9.10. The first-order chi connectivity index (χ1) is 15.5. The largest absolute Gasteiger partial charge is 0.493 e. The lowest BCUT2D eigenvalue weighted by atomic mass is 10.2. The molecule has 3 aromatic rings. The van der Waals surface area contributed by atoms with Crippen LogP contribution in [0.3, 0.4) is 0 Å². The maximum absolute atomic E-state index is 12.4. The number of carbonyl (C=O) groups is 1. The third kappa shape index (κ3) is 5.62. The third-order valence-electron chi connectivity index (χ3n) is 4.48. The summed E-state index contributed by atoms with van der Waals surface area (Å²) >= 11 is 8.30. The van der Waals surface area contributed by atoms with Crippen molar-refractivity contribution in [2.75, 3.05) is 7.11 Å². The number of nitrogens with one attached hydrogen (secondary N) is 1. The molecule has 32 heavy (non-hydrogen) atoms. The molecule has 1 heterocycles. The third-order valence-corrected chi connectivity index (χ3v) is 6.51. The highest BCUT2D eigenvalue weighted by Gasteiger charge is 2.24. The number of para-hydroxylation sites is 1. The van der Waals surface area contributed by atoms with E-state index in [1.807, 2.05) is 66.7 Å². The van der Waals surface area contributed by atoms with Crippen molar-refractivity contribution in [2.45, 2.75) is 6.61 Å². The van der Waals surface area contributed by atoms with Gasteiger partial charge in [-0.05, 0) is 81.3 Å². The number of nitrogens with zero attached hydrogens (tertiary/aromatic N) is 1. The van der Waals surface area contributed by atoms with Crippen molar-refractivity contribution in [3.8, 4) is 11.5 Å². The smallest absolute Gasteiger partial charge is 0.264 e. The molecular weight excluding hydrogens is 556 g/mol. The van der Waals surface area contributed by atoms with Gasteiger partial charge in [-0.15, -0.1) is 0 Å². The zero-order chi connectivity index (χ0) is 22.5. The number of thioether (sulfide) groups is 1. The fourth-order valence-corrected chi connectivity index (χ4v) is 4.63. The predicted molar refractivity (Wildman–Crippen MR) is 136 cm³/mol. The van der Waals surface area contributed by atoms with Gasteiger partial charge < -0.3 is 14.8 Å². The number of amidine groups is 1. The number of ether oxygens (including phenoxy) is 2. The number of hydrogen-bond acceptors (Lipinski definition) is 5. The van der Waals surface area contributed by atoms with Gasteiger partial charge in [0.15, 0.2) is 16.7 Å². The lowest BCUT2D eigenvalue weighted by Crippen LogP contribution is -2.19. The highest BCUT2D eigenvalue weighted by Crippen LogP contribution is 2.39. The molecule has 0 aliphatic carbocycles. The fourth-order valence-electron chi connectivity index (χ4n) is 2.95. The number of methoxy groups -OCH3 is 1. The van der Waals surface area contributed by atoms with Crippen LogP contribution in [0.1, 0.15) is 11.1 Å². The molecule has 0 saturated carbocycles. The Hall–Kier alpha value is -2.55. The first kappa shape index (κ1) is 22.6. The standard InChI is InChI=1S/C24H18Br2N2O3S/c1-30-20-12-16(11-19(26)22(20)31-14-15-7-9-17(25)10-8-15)13-21-23(29)28-24(32-21)27-18-5-3-2-4-6-18/h2-13H,14H2,1H3,(H,27,28,29)/b21-13-. The van der Waals surface area contributed by atoms with Crippen molar-refractivity contribution < 1.29 is 14.3 Å². The Labute approximate surface area is 207 Å². The van der Waals surface area contributed by atoms with E-state index in [2.05, 4.69) is 42.2 Å². The van der Waals surface area contributed by atoms with E-state index < -0.39 is 0 Å². The summed E-state index contributed by atoms with van der Waals surface area (Å²) in [6, 6.07) is 21.2. The molecule has 3 aromatic carbocycles. The Morgan fingerprint density at radius 1 is 1.06 bits per heavy atom. The second-order valence-electron chi connectivity index (χ2n) is 6.77. The number of amides is 1. The molecule has 0 atom stereocenters. The summed E-state index contributed by atoms with van der Waals surface area (Å²) < 4.78 is 13.3. The van der Waals surface area contributed by atoms with Crippen molar-refractivity contribution in [2.24, 2.45) is 4.99 Å². The number of halogens is 2. The SMILES string of the molecule is COc1cc(/C=C2\SC(=Nc3ccccc3)NC2=O)cc(Br)c1OCc1ccc(Br)cc1. The minimum Gasteiger partial charge on any atom is -0.493 e. The van der Waals surface area contributed by atoms with E-state index in [4.69, 9.17) is 9.47 Å². The second kappa shape index (κ2) is 10.4. The molecule has 0 bridgehead atoms. The first-order valence-electron chi connectivity index (χ1n) is 9.61. The van der Waals surface area contributed by atoms with E-state index in [0.29, 0.717) is 28.2 Å². The maximum atomic E-state index is 12.4. The number of aliphatic imine (C=N–C) groups is 1. The summed E-state index contributed by atoms with van der Waals surface area (Å²) in [5.41, 5.74) is 2.63. The first-order valence-corrected chi connectivity index (χ1v) is 12.0. The summed E-state index contributed by atoms with van der Waals surface area (Å²) in [5, 5.41) is 3.35. The van der Waals surface area contributed by atoms with Gasteiger partial charge in [-0.3, -0.25) is 4.79 Å². The van der Waals surface area contributed by atoms with Crippen LogP contribution < -0.4 is 14.8 Å². The molecule has 1 saturated heterocycles. The normalized spacial score (nSPS) is 15.8. The summed E-state index contributed by atoms with van der Waals surface area (Å²) in [6.45, 7) is 0.403. The van der Waals surface area contributed by atoms with Crippen molar-refractivity contribution >= 4 is 66.5 Å². The van der Waals surface area contributed by atoms with Crippen LogP contribution in [0.5, 0.6) is 11.5 Å². The Kier molecular flexibility index (Phi) is 7.34. The molecule has 4 rings (SSSR count). The number of carbonyl (C=O) groups excluding carboxylic acids is 1. The van der Waals surface area contributed by atoms with Gasteiger partial charge in [-0.1, -0.05) is 46.3 Å². The fraction of sp³-hybridized carbons (Fsp3) is 0.0833. The van der Waals surface area contributed by atoms with Crippen molar-refractivity contribution in [3.63, 3.8) is 0 Å². The van der Waals surface area contributed by atoms with Gasteiger partial charge in [0, 0.05) is 4.47 Å². The molecule has 1 amide bonds. The molecule has 0 spiro atoms. The molecule has 5 nitrogen and oxygen atoms in total. The van der Waals surface area contributed by atoms with Gasteiger partial charge in [0.05, 0.1) is 22.2 Å². The van der Waals surface area contributed by atoms with Crippen LogP contribution in [-0.4, -0.2) is 18.2 Å². The maximum Gasteiger partial charge on any atom is 0.264 e. The average molecular weight is 574 g/mol. The van der Waals surface area contributed by atoms with Crippen LogP contribution >= 0.6 is 43.6 Å². The van der Waals surface area contributed by atoms with Gasteiger partial charge >= 0.3 is 0 Å². The minimum atomic E-state index is -0.185. The molecular formula is C24H18Br2N2O3S. The molecule has 162 valence electrons. The van der Waals surface area contributed by atoms with Gasteiger partial charge in [-0.25, -0.2) is 4.99 Å². The van der Waals surface area contributed by atoms with E-state index in [1.165, 1.54) is 11.8 Å². The van der Waals surface area contributed by atoms with E-state index in [9.17, 15) is 4.79 Å². The van der Waals surface area contributed by atoms with Gasteiger partial charge in [0.1, 0.15) is 6.61 Å². The molecule has 8 heteroatoms. The van der Waals surface area contributed by atoms with E-state index >= 15 is 0 Å². The monoisotopic (exact) mass is 572 g/mol. The summed E-state index contributed by atoms with van der Waals surface area (Å²) in [5.74, 6) is 0.993. The van der Waals surface area contributed by atoms with Crippen molar-refractivity contribution in [3.05, 3.63) is 91.7 Å².